The zero-order valence-corrected chi connectivity index (χ0v) is 12.6. The number of rotatable bonds is 2. The van der Waals surface area contributed by atoms with Gasteiger partial charge in [-0.05, 0) is 30.3 Å². The molecule has 0 bridgehead atoms. The van der Waals surface area contributed by atoms with Gasteiger partial charge in [-0.1, -0.05) is 24.3 Å². The van der Waals surface area contributed by atoms with Gasteiger partial charge in [0.25, 0.3) is 0 Å². The van der Waals surface area contributed by atoms with Gasteiger partial charge in [0.05, 0.1) is 23.9 Å². The van der Waals surface area contributed by atoms with Crippen molar-refractivity contribution >= 4 is 5.69 Å². The monoisotopic (exact) mass is 301 g/mol. The van der Waals surface area contributed by atoms with E-state index >= 15 is 0 Å². The van der Waals surface area contributed by atoms with Gasteiger partial charge in [-0.2, -0.15) is 5.26 Å². The number of aromatic nitrogens is 1. The Morgan fingerprint density at radius 3 is 2.78 bits per heavy atom. The Balaban J connectivity index is 1.62. The minimum Gasteiger partial charge on any atom is -0.439 e. The van der Waals surface area contributed by atoms with Crippen LogP contribution in [0.25, 0.3) is 11.5 Å². The molecule has 4 rings (SSSR count). The van der Waals surface area contributed by atoms with Crippen LogP contribution in [0.1, 0.15) is 17.0 Å². The molecule has 23 heavy (non-hydrogen) atoms. The number of fused-ring (bicyclic) bond motifs is 1. The smallest absolute Gasteiger partial charge is 0.226 e. The Morgan fingerprint density at radius 1 is 1.09 bits per heavy atom. The van der Waals surface area contributed by atoms with Gasteiger partial charge in [0.2, 0.25) is 5.89 Å². The van der Waals surface area contributed by atoms with Crippen molar-refractivity contribution in [3.63, 3.8) is 0 Å². The van der Waals surface area contributed by atoms with Crippen LogP contribution < -0.4 is 4.90 Å². The van der Waals surface area contributed by atoms with E-state index in [0.29, 0.717) is 18.0 Å². The highest BCUT2D eigenvalue weighted by Gasteiger charge is 2.23. The lowest BCUT2D eigenvalue weighted by Crippen LogP contribution is -2.29. The SMILES string of the molecule is N#Cc1cccc(N2CCc3nc(-c4ccccc4)oc3C2)c1. The Bertz CT molecular complexity index is 877. The Labute approximate surface area is 134 Å². The number of nitrogens with zero attached hydrogens (tertiary/aromatic N) is 3. The Hall–Kier alpha value is -3.06. The summed E-state index contributed by atoms with van der Waals surface area (Å²) >= 11 is 0. The average Bonchev–Trinajstić information content (AvgIpc) is 3.06. The maximum atomic E-state index is 9.05. The number of hydrogen-bond acceptors (Lipinski definition) is 4. The fraction of sp³-hybridized carbons (Fsp3) is 0.158. The van der Waals surface area contributed by atoms with E-state index in [0.717, 1.165) is 35.7 Å². The topological polar surface area (TPSA) is 53.1 Å². The van der Waals surface area contributed by atoms with Crippen LogP contribution in [0.5, 0.6) is 0 Å². The Morgan fingerprint density at radius 2 is 1.96 bits per heavy atom. The van der Waals surface area contributed by atoms with E-state index in [2.05, 4.69) is 16.0 Å². The molecule has 1 aliphatic rings. The number of oxazole rings is 1. The fourth-order valence-electron chi connectivity index (χ4n) is 2.89. The van der Waals surface area contributed by atoms with E-state index in [1.54, 1.807) is 0 Å². The molecule has 0 aliphatic carbocycles. The second-order valence-corrected chi connectivity index (χ2v) is 5.59. The highest BCUT2D eigenvalue weighted by Crippen LogP contribution is 2.28. The van der Waals surface area contributed by atoms with E-state index in [4.69, 9.17) is 9.68 Å². The van der Waals surface area contributed by atoms with E-state index in [-0.39, 0.29) is 0 Å². The van der Waals surface area contributed by atoms with Crippen molar-refractivity contribution in [3.05, 3.63) is 71.6 Å². The molecule has 4 nitrogen and oxygen atoms in total. The van der Waals surface area contributed by atoms with Gasteiger partial charge in [-0.15, -0.1) is 0 Å². The molecule has 2 heterocycles. The average molecular weight is 301 g/mol. The molecule has 0 amide bonds. The number of benzene rings is 2. The summed E-state index contributed by atoms with van der Waals surface area (Å²) in [7, 11) is 0. The van der Waals surface area contributed by atoms with Gasteiger partial charge in [-0.3, -0.25) is 0 Å². The first-order valence-corrected chi connectivity index (χ1v) is 7.62. The quantitative estimate of drug-likeness (QED) is 0.723. The van der Waals surface area contributed by atoms with Crippen LogP contribution in [0.4, 0.5) is 5.69 Å². The lowest BCUT2D eigenvalue weighted by atomic mass is 10.1. The van der Waals surface area contributed by atoms with Crippen LogP contribution in [0.15, 0.2) is 59.0 Å². The first-order valence-electron chi connectivity index (χ1n) is 7.62. The first kappa shape index (κ1) is 13.6. The summed E-state index contributed by atoms with van der Waals surface area (Å²) in [6.07, 6.45) is 0.850. The highest BCUT2D eigenvalue weighted by molar-refractivity contribution is 5.55. The fourth-order valence-corrected chi connectivity index (χ4v) is 2.89. The summed E-state index contributed by atoms with van der Waals surface area (Å²) in [5, 5.41) is 9.05. The molecule has 4 heteroatoms. The summed E-state index contributed by atoms with van der Waals surface area (Å²) in [5.41, 5.74) is 3.76. The second-order valence-electron chi connectivity index (χ2n) is 5.59. The van der Waals surface area contributed by atoms with Crippen molar-refractivity contribution in [2.24, 2.45) is 0 Å². The van der Waals surface area contributed by atoms with Gasteiger partial charge >= 0.3 is 0 Å². The third-order valence-corrected chi connectivity index (χ3v) is 4.09. The van der Waals surface area contributed by atoms with E-state index in [1.165, 1.54) is 0 Å². The van der Waals surface area contributed by atoms with E-state index < -0.39 is 0 Å². The minimum atomic E-state index is 0.677. The van der Waals surface area contributed by atoms with Crippen LogP contribution >= 0.6 is 0 Å². The largest absolute Gasteiger partial charge is 0.439 e. The molecule has 112 valence electrons. The summed E-state index contributed by atoms with van der Waals surface area (Å²) in [4.78, 5) is 6.86. The molecule has 2 aromatic carbocycles. The predicted molar refractivity (Wildman–Crippen MR) is 87.9 cm³/mol. The predicted octanol–water partition coefficient (Wildman–Crippen LogP) is 3.78. The summed E-state index contributed by atoms with van der Waals surface area (Å²) in [5.74, 6) is 1.60. The van der Waals surface area contributed by atoms with E-state index in [9.17, 15) is 0 Å². The van der Waals surface area contributed by atoms with Crippen molar-refractivity contribution in [1.82, 2.24) is 4.98 Å². The van der Waals surface area contributed by atoms with Crippen molar-refractivity contribution in [2.75, 3.05) is 11.4 Å². The number of nitriles is 1. The van der Waals surface area contributed by atoms with E-state index in [1.807, 2.05) is 54.6 Å². The van der Waals surface area contributed by atoms with Gasteiger partial charge in [0.1, 0.15) is 5.76 Å². The lowest BCUT2D eigenvalue weighted by Gasteiger charge is -2.27. The molecule has 0 fully saturated rings. The van der Waals surface area contributed by atoms with Crippen LogP contribution in [0, 0.1) is 11.3 Å². The number of anilines is 1. The third kappa shape index (κ3) is 2.58. The normalized spacial score (nSPS) is 13.4. The standard InChI is InChI=1S/C19H15N3O/c20-12-14-5-4-8-16(11-14)22-10-9-17-18(13-22)23-19(21-17)15-6-2-1-3-7-15/h1-8,11H,9-10,13H2. The summed E-state index contributed by atoms with van der Waals surface area (Å²) in [6, 6.07) is 19.8. The molecule has 0 saturated heterocycles. The van der Waals surface area contributed by atoms with Crippen molar-refractivity contribution in [2.45, 2.75) is 13.0 Å². The van der Waals surface area contributed by atoms with Gasteiger partial charge in [0, 0.05) is 24.2 Å². The molecule has 0 spiro atoms. The summed E-state index contributed by atoms with van der Waals surface area (Å²) < 4.78 is 5.98. The molecule has 1 aliphatic heterocycles. The van der Waals surface area contributed by atoms with Crippen molar-refractivity contribution in [3.8, 4) is 17.5 Å². The molecule has 0 unspecified atom stereocenters. The molecule has 0 atom stereocenters. The molecular weight excluding hydrogens is 286 g/mol. The van der Waals surface area contributed by atoms with Crippen LogP contribution in [0.3, 0.4) is 0 Å². The molecule has 0 N–H and O–H groups in total. The zero-order chi connectivity index (χ0) is 15.6. The molecule has 3 aromatic rings. The van der Waals surface area contributed by atoms with Crippen LogP contribution in [-0.4, -0.2) is 11.5 Å². The van der Waals surface area contributed by atoms with Crippen molar-refractivity contribution < 1.29 is 4.42 Å². The third-order valence-electron chi connectivity index (χ3n) is 4.09. The maximum absolute atomic E-state index is 9.05. The molecule has 0 saturated carbocycles. The Kier molecular flexibility index (Phi) is 3.32. The van der Waals surface area contributed by atoms with Gasteiger partial charge in [-0.25, -0.2) is 4.98 Å². The lowest BCUT2D eigenvalue weighted by molar-refractivity contribution is 0.495. The molecular formula is C19H15N3O. The minimum absolute atomic E-state index is 0.677. The zero-order valence-electron chi connectivity index (χ0n) is 12.6. The van der Waals surface area contributed by atoms with Crippen molar-refractivity contribution in [1.29, 1.82) is 5.26 Å². The van der Waals surface area contributed by atoms with Crippen LogP contribution in [-0.2, 0) is 13.0 Å². The summed E-state index contributed by atoms with van der Waals surface area (Å²) in [6.45, 7) is 1.56. The molecule has 1 aromatic heterocycles. The maximum Gasteiger partial charge on any atom is 0.226 e. The molecule has 0 radical (unpaired) electrons. The number of hydrogen-bond donors (Lipinski definition) is 0. The first-order chi connectivity index (χ1) is 11.3. The van der Waals surface area contributed by atoms with Gasteiger partial charge in [0.15, 0.2) is 0 Å². The highest BCUT2D eigenvalue weighted by atomic mass is 16.4. The van der Waals surface area contributed by atoms with Gasteiger partial charge < -0.3 is 9.32 Å². The second kappa shape index (κ2) is 5.62. The van der Waals surface area contributed by atoms with Crippen LogP contribution in [0.2, 0.25) is 0 Å².